The highest BCUT2D eigenvalue weighted by Gasteiger charge is 2.33. The van der Waals surface area contributed by atoms with Crippen molar-refractivity contribution in [1.29, 1.82) is 0 Å². The molecule has 1 amide bonds. The van der Waals surface area contributed by atoms with E-state index < -0.39 is 0 Å². The zero-order valence-corrected chi connectivity index (χ0v) is 13.4. The summed E-state index contributed by atoms with van der Waals surface area (Å²) in [4.78, 5) is 14.4. The molecule has 2 aromatic rings. The number of ether oxygens (including phenoxy) is 1. The molecule has 1 aromatic heterocycles. The summed E-state index contributed by atoms with van der Waals surface area (Å²) in [6.45, 7) is 3.95. The van der Waals surface area contributed by atoms with Crippen LogP contribution in [0.2, 0.25) is 0 Å². The molecule has 3 rings (SSSR count). The SMILES string of the molecule is COc1ccc(CN2CCC2C(=O)NCc2cc(C)on2)cc1. The first-order valence-corrected chi connectivity index (χ1v) is 7.72. The zero-order chi connectivity index (χ0) is 16.2. The molecule has 1 atom stereocenters. The number of hydrogen-bond donors (Lipinski definition) is 1. The average Bonchev–Trinajstić information content (AvgIpc) is 2.95. The number of nitrogens with zero attached hydrogens (tertiary/aromatic N) is 2. The van der Waals surface area contributed by atoms with Crippen LogP contribution in [0.3, 0.4) is 0 Å². The lowest BCUT2D eigenvalue weighted by molar-refractivity contribution is -0.131. The first kappa shape index (κ1) is 15.6. The summed E-state index contributed by atoms with van der Waals surface area (Å²) in [5.41, 5.74) is 1.92. The Morgan fingerprint density at radius 2 is 2.22 bits per heavy atom. The number of methoxy groups -OCH3 is 1. The zero-order valence-electron chi connectivity index (χ0n) is 13.4. The van der Waals surface area contributed by atoms with Gasteiger partial charge in [-0.3, -0.25) is 9.69 Å². The molecule has 1 aromatic carbocycles. The average molecular weight is 315 g/mol. The van der Waals surface area contributed by atoms with Crippen molar-refractivity contribution in [2.45, 2.75) is 32.5 Å². The Balaban J connectivity index is 1.50. The van der Waals surface area contributed by atoms with Crippen molar-refractivity contribution < 1.29 is 14.1 Å². The first-order chi connectivity index (χ1) is 11.2. The normalized spacial score (nSPS) is 17.6. The van der Waals surface area contributed by atoms with Crippen molar-refractivity contribution >= 4 is 5.91 Å². The number of rotatable bonds is 6. The van der Waals surface area contributed by atoms with Gasteiger partial charge in [-0.2, -0.15) is 0 Å². The summed E-state index contributed by atoms with van der Waals surface area (Å²) >= 11 is 0. The number of amides is 1. The molecule has 1 unspecified atom stereocenters. The summed E-state index contributed by atoms with van der Waals surface area (Å²) in [6.07, 6.45) is 0.889. The molecule has 1 fully saturated rings. The largest absolute Gasteiger partial charge is 0.497 e. The van der Waals surface area contributed by atoms with E-state index in [4.69, 9.17) is 9.26 Å². The van der Waals surface area contributed by atoms with Crippen LogP contribution in [-0.2, 0) is 17.9 Å². The molecular weight excluding hydrogens is 294 g/mol. The van der Waals surface area contributed by atoms with E-state index in [1.54, 1.807) is 7.11 Å². The number of benzene rings is 1. The van der Waals surface area contributed by atoms with Gasteiger partial charge in [0.2, 0.25) is 5.91 Å². The van der Waals surface area contributed by atoms with Crippen molar-refractivity contribution in [3.05, 3.63) is 47.3 Å². The number of aryl methyl sites for hydroxylation is 1. The summed E-state index contributed by atoms with van der Waals surface area (Å²) in [5.74, 6) is 1.64. The number of nitrogens with one attached hydrogen (secondary N) is 1. The highest BCUT2D eigenvalue weighted by molar-refractivity contribution is 5.82. The molecule has 122 valence electrons. The van der Waals surface area contributed by atoms with Gasteiger partial charge in [-0.05, 0) is 31.0 Å². The number of carbonyl (C=O) groups excluding carboxylic acids is 1. The number of hydrogen-bond acceptors (Lipinski definition) is 5. The predicted octanol–water partition coefficient (Wildman–Crippen LogP) is 1.88. The molecule has 2 heterocycles. The van der Waals surface area contributed by atoms with E-state index in [9.17, 15) is 4.79 Å². The summed E-state index contributed by atoms with van der Waals surface area (Å²) in [5, 5.41) is 6.80. The second-order valence-electron chi connectivity index (χ2n) is 5.77. The molecule has 6 nitrogen and oxygen atoms in total. The number of aromatic nitrogens is 1. The minimum absolute atomic E-state index is 0.0467. The monoisotopic (exact) mass is 315 g/mol. The third kappa shape index (κ3) is 3.71. The second-order valence-corrected chi connectivity index (χ2v) is 5.77. The maximum absolute atomic E-state index is 12.3. The van der Waals surface area contributed by atoms with E-state index in [0.717, 1.165) is 36.7 Å². The topological polar surface area (TPSA) is 67.6 Å². The van der Waals surface area contributed by atoms with E-state index in [0.29, 0.717) is 6.54 Å². The van der Waals surface area contributed by atoms with Crippen LogP contribution < -0.4 is 10.1 Å². The Morgan fingerprint density at radius 1 is 1.43 bits per heavy atom. The molecule has 0 bridgehead atoms. The Hall–Kier alpha value is -2.34. The van der Waals surface area contributed by atoms with Crippen LogP contribution in [0.15, 0.2) is 34.9 Å². The van der Waals surface area contributed by atoms with Gasteiger partial charge in [-0.1, -0.05) is 17.3 Å². The molecule has 0 spiro atoms. The van der Waals surface area contributed by atoms with Crippen LogP contribution in [0.4, 0.5) is 0 Å². The number of likely N-dealkylation sites (tertiary alicyclic amines) is 1. The Morgan fingerprint density at radius 3 is 2.78 bits per heavy atom. The van der Waals surface area contributed by atoms with E-state index in [1.807, 2.05) is 37.3 Å². The molecule has 1 N–H and O–H groups in total. The maximum atomic E-state index is 12.3. The molecule has 6 heteroatoms. The van der Waals surface area contributed by atoms with E-state index in [-0.39, 0.29) is 11.9 Å². The van der Waals surface area contributed by atoms with Crippen molar-refractivity contribution in [3.63, 3.8) is 0 Å². The fourth-order valence-corrected chi connectivity index (χ4v) is 2.69. The molecule has 0 radical (unpaired) electrons. The molecule has 1 aliphatic heterocycles. The Kier molecular flexibility index (Phi) is 4.62. The first-order valence-electron chi connectivity index (χ1n) is 7.72. The summed E-state index contributed by atoms with van der Waals surface area (Å²) in [7, 11) is 1.65. The molecule has 1 aliphatic rings. The number of carbonyl (C=O) groups is 1. The minimum Gasteiger partial charge on any atom is -0.497 e. The van der Waals surface area contributed by atoms with E-state index in [2.05, 4.69) is 15.4 Å². The standard InChI is InChI=1S/C17H21N3O3/c1-12-9-14(19-23-12)10-18-17(21)16-7-8-20(16)11-13-3-5-15(22-2)6-4-13/h3-6,9,16H,7-8,10-11H2,1-2H3,(H,18,21). The van der Waals surface area contributed by atoms with Gasteiger partial charge in [-0.25, -0.2) is 0 Å². The smallest absolute Gasteiger partial charge is 0.237 e. The van der Waals surface area contributed by atoms with Crippen molar-refractivity contribution in [1.82, 2.24) is 15.4 Å². The highest BCUT2D eigenvalue weighted by atomic mass is 16.5. The summed E-state index contributed by atoms with van der Waals surface area (Å²) in [6, 6.07) is 9.71. The van der Waals surface area contributed by atoms with Crippen LogP contribution in [-0.4, -0.2) is 35.7 Å². The van der Waals surface area contributed by atoms with Gasteiger partial charge in [0.15, 0.2) is 0 Å². The lowest BCUT2D eigenvalue weighted by atomic mass is 10.0. The molecule has 0 saturated carbocycles. The Labute approximate surface area is 135 Å². The van der Waals surface area contributed by atoms with Crippen LogP contribution in [0.25, 0.3) is 0 Å². The van der Waals surface area contributed by atoms with E-state index in [1.165, 1.54) is 5.56 Å². The van der Waals surface area contributed by atoms with Crippen LogP contribution in [0.5, 0.6) is 5.75 Å². The van der Waals surface area contributed by atoms with Gasteiger partial charge in [0.25, 0.3) is 0 Å². The van der Waals surface area contributed by atoms with Gasteiger partial charge in [0.1, 0.15) is 17.2 Å². The van der Waals surface area contributed by atoms with Crippen molar-refractivity contribution in [2.75, 3.05) is 13.7 Å². The lowest BCUT2D eigenvalue weighted by Crippen LogP contribution is -2.55. The third-order valence-electron chi connectivity index (χ3n) is 4.10. The lowest BCUT2D eigenvalue weighted by Gasteiger charge is -2.39. The van der Waals surface area contributed by atoms with Crippen LogP contribution in [0.1, 0.15) is 23.4 Å². The van der Waals surface area contributed by atoms with Gasteiger partial charge in [0.05, 0.1) is 19.7 Å². The molecule has 1 saturated heterocycles. The summed E-state index contributed by atoms with van der Waals surface area (Å²) < 4.78 is 10.2. The maximum Gasteiger partial charge on any atom is 0.237 e. The molecule has 0 aliphatic carbocycles. The minimum atomic E-state index is -0.0647. The van der Waals surface area contributed by atoms with Gasteiger partial charge >= 0.3 is 0 Å². The van der Waals surface area contributed by atoms with Gasteiger partial charge in [0, 0.05) is 19.2 Å². The van der Waals surface area contributed by atoms with Crippen LogP contribution in [0, 0.1) is 6.92 Å². The van der Waals surface area contributed by atoms with Gasteiger partial charge < -0.3 is 14.6 Å². The van der Waals surface area contributed by atoms with Gasteiger partial charge in [-0.15, -0.1) is 0 Å². The van der Waals surface area contributed by atoms with Crippen LogP contribution >= 0.6 is 0 Å². The fraction of sp³-hybridized carbons (Fsp3) is 0.412. The quantitative estimate of drug-likeness (QED) is 0.881. The predicted molar refractivity (Wildman–Crippen MR) is 84.9 cm³/mol. The van der Waals surface area contributed by atoms with Crippen molar-refractivity contribution in [2.24, 2.45) is 0 Å². The fourth-order valence-electron chi connectivity index (χ4n) is 2.69. The third-order valence-corrected chi connectivity index (χ3v) is 4.10. The molecule has 23 heavy (non-hydrogen) atoms. The molecular formula is C17H21N3O3. The van der Waals surface area contributed by atoms with Crippen molar-refractivity contribution in [3.8, 4) is 5.75 Å². The highest BCUT2D eigenvalue weighted by Crippen LogP contribution is 2.22. The Bertz CT molecular complexity index is 666. The second kappa shape index (κ2) is 6.83. The van der Waals surface area contributed by atoms with E-state index >= 15 is 0 Å².